The van der Waals surface area contributed by atoms with E-state index in [0.29, 0.717) is 41.3 Å². The molecule has 2 aromatic carbocycles. The molecule has 0 aliphatic heterocycles. The van der Waals surface area contributed by atoms with Crippen molar-refractivity contribution >= 4 is 40.7 Å². The Labute approximate surface area is 201 Å². The number of carbonyl (C=O) groups is 3. The van der Waals surface area contributed by atoms with Crippen molar-refractivity contribution in [2.24, 2.45) is 10.7 Å². The fourth-order valence-electron chi connectivity index (χ4n) is 3.13. The number of aliphatic imine (C=N–C) groups is 1. The molecule has 3 aromatic rings. The van der Waals surface area contributed by atoms with Crippen LogP contribution < -0.4 is 15.8 Å². The van der Waals surface area contributed by atoms with Gasteiger partial charge in [0.15, 0.2) is 5.78 Å². The molecule has 0 radical (unpaired) electrons. The van der Waals surface area contributed by atoms with Crippen LogP contribution in [0.3, 0.4) is 0 Å². The van der Waals surface area contributed by atoms with Crippen LogP contribution in [0.2, 0.25) is 0 Å². The monoisotopic (exact) mass is 477 g/mol. The third kappa shape index (κ3) is 7.19. The van der Waals surface area contributed by atoms with Crippen molar-refractivity contribution in [3.8, 4) is 5.75 Å². The van der Waals surface area contributed by atoms with Gasteiger partial charge in [-0.25, -0.2) is 4.98 Å². The number of hydrogen-bond donors (Lipinski definition) is 3. The van der Waals surface area contributed by atoms with E-state index in [1.54, 1.807) is 54.7 Å². The van der Waals surface area contributed by atoms with E-state index < -0.39 is 11.9 Å². The van der Waals surface area contributed by atoms with E-state index in [2.05, 4.69) is 37.7 Å². The number of aromatic nitrogens is 2. The molecule has 0 saturated carbocycles. The lowest BCUT2D eigenvalue weighted by Crippen LogP contribution is -2.45. The van der Waals surface area contributed by atoms with Crippen molar-refractivity contribution in [2.75, 3.05) is 6.61 Å². The molecular weight excluding hydrogens is 454 g/mol. The number of ether oxygens (including phenoxy) is 1. The zero-order valence-electron chi connectivity index (χ0n) is 18.2. The summed E-state index contributed by atoms with van der Waals surface area (Å²) >= 11 is 4.57. The molecule has 174 valence electrons. The molecule has 1 aromatic heterocycles. The number of hydrogen-bond acceptors (Lipinski definition) is 7. The maximum absolute atomic E-state index is 12.6. The normalized spacial score (nSPS) is 11.2. The number of H-pyrrole nitrogens is 1. The fraction of sp³-hybridized carbons (Fsp3) is 0.208. The van der Waals surface area contributed by atoms with Gasteiger partial charge in [-0.2, -0.15) is 4.99 Å². The van der Waals surface area contributed by atoms with Crippen molar-refractivity contribution in [2.45, 2.75) is 25.3 Å². The number of nitrogens with two attached hydrogens (primary N) is 1. The largest absolute Gasteiger partial charge is 0.494 e. The van der Waals surface area contributed by atoms with Crippen LogP contribution in [0.25, 0.3) is 0 Å². The zero-order valence-corrected chi connectivity index (χ0v) is 19.0. The predicted molar refractivity (Wildman–Crippen MR) is 129 cm³/mol. The summed E-state index contributed by atoms with van der Waals surface area (Å²) in [6.07, 6.45) is 3.96. The molecule has 3 rings (SSSR count). The summed E-state index contributed by atoms with van der Waals surface area (Å²) in [5.41, 5.74) is 7.69. The average Bonchev–Trinajstić information content (AvgIpc) is 3.35. The second kappa shape index (κ2) is 12.2. The van der Waals surface area contributed by atoms with Gasteiger partial charge in [-0.3, -0.25) is 14.4 Å². The highest BCUT2D eigenvalue weighted by Gasteiger charge is 2.19. The first kappa shape index (κ1) is 24.5. The first-order valence-corrected chi connectivity index (χ1v) is 10.9. The molecule has 0 aliphatic rings. The van der Waals surface area contributed by atoms with Crippen LogP contribution in [0.5, 0.6) is 5.75 Å². The van der Waals surface area contributed by atoms with Crippen LogP contribution in [0, 0.1) is 0 Å². The number of carbonyl (C=O) groups excluding carboxylic acids is 3. The minimum absolute atomic E-state index is 0.125. The Morgan fingerprint density at radius 3 is 2.38 bits per heavy atom. The molecule has 10 heteroatoms. The Morgan fingerprint density at radius 1 is 1.12 bits per heavy atom. The van der Waals surface area contributed by atoms with Crippen molar-refractivity contribution in [3.05, 3.63) is 77.9 Å². The second-order valence-electron chi connectivity index (χ2n) is 7.34. The highest BCUT2D eigenvalue weighted by molar-refractivity contribution is 7.78. The molecule has 0 aliphatic carbocycles. The molecule has 34 heavy (non-hydrogen) atoms. The Bertz CT molecular complexity index is 1170. The van der Waals surface area contributed by atoms with Gasteiger partial charge in [0.05, 0.1) is 29.5 Å². The lowest BCUT2D eigenvalue weighted by Gasteiger charge is -2.14. The number of primary amides is 1. The highest BCUT2D eigenvalue weighted by atomic mass is 32.1. The Balaban J connectivity index is 1.43. The summed E-state index contributed by atoms with van der Waals surface area (Å²) in [5.74, 6) is -0.469. The standard InChI is InChI=1S/C24H23N5O4S/c25-24(32)21(12-19-13-26-14-27-19)29-22(30)2-1-11-33-20-9-5-17(6-10-20)23(31)16-3-7-18(8-4-16)28-15-34/h3-10,13-14,21H,1-2,11-12H2,(H2,25,32)(H,26,27)(H,29,30). The average molecular weight is 478 g/mol. The van der Waals surface area contributed by atoms with Gasteiger partial charge in [-0.1, -0.05) is 0 Å². The summed E-state index contributed by atoms with van der Waals surface area (Å²) in [6.45, 7) is 0.295. The first-order chi connectivity index (χ1) is 16.5. The van der Waals surface area contributed by atoms with Crippen molar-refractivity contribution in [1.29, 1.82) is 0 Å². The van der Waals surface area contributed by atoms with E-state index in [-0.39, 0.29) is 24.5 Å². The van der Waals surface area contributed by atoms with E-state index in [1.807, 2.05) is 0 Å². The van der Waals surface area contributed by atoms with Crippen LogP contribution in [-0.2, 0) is 16.0 Å². The Hall–Kier alpha value is -4.14. The highest BCUT2D eigenvalue weighted by Crippen LogP contribution is 2.18. The number of isothiocyanates is 1. The maximum atomic E-state index is 12.6. The quantitative estimate of drug-likeness (QED) is 0.159. The molecule has 1 atom stereocenters. The Kier molecular flexibility index (Phi) is 8.79. The summed E-state index contributed by atoms with van der Waals surface area (Å²) in [5, 5.41) is 4.91. The smallest absolute Gasteiger partial charge is 0.240 e. The van der Waals surface area contributed by atoms with Gasteiger partial charge >= 0.3 is 0 Å². The molecule has 0 saturated heterocycles. The van der Waals surface area contributed by atoms with Crippen LogP contribution >= 0.6 is 12.2 Å². The first-order valence-electron chi connectivity index (χ1n) is 10.5. The van der Waals surface area contributed by atoms with Crippen LogP contribution in [-0.4, -0.2) is 45.4 Å². The van der Waals surface area contributed by atoms with Crippen molar-refractivity contribution in [3.63, 3.8) is 0 Å². The van der Waals surface area contributed by atoms with Crippen LogP contribution in [0.15, 0.2) is 66.0 Å². The number of amides is 2. The summed E-state index contributed by atoms with van der Waals surface area (Å²) in [4.78, 5) is 47.0. The minimum atomic E-state index is -0.828. The van der Waals surface area contributed by atoms with Gasteiger partial charge in [0.2, 0.25) is 11.8 Å². The predicted octanol–water partition coefficient (Wildman–Crippen LogP) is 2.75. The van der Waals surface area contributed by atoms with Crippen molar-refractivity contribution in [1.82, 2.24) is 15.3 Å². The van der Waals surface area contributed by atoms with Gasteiger partial charge in [0, 0.05) is 30.2 Å². The molecule has 1 heterocycles. The minimum Gasteiger partial charge on any atom is -0.494 e. The summed E-state index contributed by atoms with van der Waals surface area (Å²) in [7, 11) is 0. The summed E-state index contributed by atoms with van der Waals surface area (Å²) in [6, 6.07) is 12.7. The van der Waals surface area contributed by atoms with Crippen LogP contribution in [0.1, 0.15) is 34.5 Å². The van der Waals surface area contributed by atoms with Crippen LogP contribution in [0.4, 0.5) is 5.69 Å². The number of aromatic amines is 1. The van der Waals surface area contributed by atoms with Gasteiger partial charge in [0.1, 0.15) is 11.8 Å². The third-order valence-electron chi connectivity index (χ3n) is 4.88. The van der Waals surface area contributed by atoms with E-state index in [1.165, 1.54) is 6.33 Å². The molecule has 4 N–H and O–H groups in total. The molecule has 0 bridgehead atoms. The molecule has 0 spiro atoms. The maximum Gasteiger partial charge on any atom is 0.240 e. The van der Waals surface area contributed by atoms with E-state index >= 15 is 0 Å². The number of rotatable bonds is 12. The molecule has 9 nitrogen and oxygen atoms in total. The van der Waals surface area contributed by atoms with Gasteiger partial charge < -0.3 is 20.8 Å². The SMILES string of the molecule is NC(=O)C(Cc1c[nH]cn1)NC(=O)CCCOc1ccc(C(=O)c2ccc(N=C=S)cc2)cc1. The zero-order chi connectivity index (χ0) is 24.3. The van der Waals surface area contributed by atoms with Gasteiger partial charge in [-0.15, -0.1) is 0 Å². The lowest BCUT2D eigenvalue weighted by atomic mass is 10.0. The number of thiocarbonyl (C=S) groups is 1. The lowest BCUT2D eigenvalue weighted by molar-refractivity contribution is -0.127. The topological polar surface area (TPSA) is 140 Å². The molecule has 2 amide bonds. The van der Waals surface area contributed by atoms with E-state index in [4.69, 9.17) is 10.5 Å². The molecular formula is C24H23N5O4S. The van der Waals surface area contributed by atoms with Crippen molar-refractivity contribution < 1.29 is 19.1 Å². The molecule has 0 fully saturated rings. The van der Waals surface area contributed by atoms with E-state index in [9.17, 15) is 14.4 Å². The third-order valence-corrected chi connectivity index (χ3v) is 4.98. The number of nitrogens with one attached hydrogen (secondary N) is 2. The number of benzene rings is 2. The van der Waals surface area contributed by atoms with Gasteiger partial charge in [-0.05, 0) is 67.2 Å². The summed E-state index contributed by atoms with van der Waals surface area (Å²) < 4.78 is 5.65. The molecule has 1 unspecified atom stereocenters. The number of nitrogens with zero attached hydrogens (tertiary/aromatic N) is 2. The Morgan fingerprint density at radius 2 is 1.79 bits per heavy atom. The van der Waals surface area contributed by atoms with E-state index in [0.717, 1.165) is 0 Å². The second-order valence-corrected chi connectivity index (χ2v) is 7.53. The van der Waals surface area contributed by atoms with Gasteiger partial charge in [0.25, 0.3) is 0 Å². The fourth-order valence-corrected chi connectivity index (χ4v) is 3.24. The number of ketones is 1. The number of imidazole rings is 1.